The largest absolute Gasteiger partial charge is 0.467 e. The Labute approximate surface area is 200 Å². The molecule has 1 saturated heterocycles. The van der Waals surface area contributed by atoms with Gasteiger partial charge >= 0.3 is 18.0 Å². The van der Waals surface area contributed by atoms with Crippen LogP contribution in [0.2, 0.25) is 0 Å². The van der Waals surface area contributed by atoms with E-state index >= 15 is 0 Å². The highest BCUT2D eigenvalue weighted by Crippen LogP contribution is 2.22. The third-order valence-electron chi connectivity index (χ3n) is 5.43. The minimum atomic E-state index is -1.27. The van der Waals surface area contributed by atoms with Crippen LogP contribution in [0.25, 0.3) is 0 Å². The topological polar surface area (TPSA) is 137 Å². The number of amides is 2. The maximum absolute atomic E-state index is 12.9. The van der Waals surface area contributed by atoms with Crippen molar-refractivity contribution in [3.8, 4) is 0 Å². The number of piperidine rings is 1. The number of nitrogens with one attached hydrogen (secondary N) is 1. The van der Waals surface area contributed by atoms with E-state index in [0.29, 0.717) is 0 Å². The van der Waals surface area contributed by atoms with E-state index in [1.807, 2.05) is 30.3 Å². The summed E-state index contributed by atoms with van der Waals surface area (Å²) >= 11 is 0. The van der Waals surface area contributed by atoms with Gasteiger partial charge in [0.25, 0.3) is 0 Å². The molecule has 0 aromatic heterocycles. The molecule has 1 aliphatic rings. The number of ether oxygens (including phenoxy) is 3. The van der Waals surface area contributed by atoms with Crippen LogP contribution in [0.3, 0.4) is 0 Å². The average molecular weight is 478 g/mol. The summed E-state index contributed by atoms with van der Waals surface area (Å²) in [5, 5.41) is 2.61. The first kappa shape index (κ1) is 27.1. The highest BCUT2D eigenvalue weighted by Gasteiger charge is 2.41. The summed E-state index contributed by atoms with van der Waals surface area (Å²) in [5.41, 5.74) is 5.27. The van der Waals surface area contributed by atoms with E-state index in [-0.39, 0.29) is 45.4 Å². The van der Waals surface area contributed by atoms with E-state index in [9.17, 15) is 19.2 Å². The van der Waals surface area contributed by atoms with Crippen LogP contribution >= 0.6 is 0 Å². The molecule has 188 valence electrons. The normalized spacial score (nSPS) is 16.2. The smallest absolute Gasteiger partial charge is 0.410 e. The first-order chi connectivity index (χ1) is 15.9. The molecule has 0 bridgehead atoms. The first-order valence-electron chi connectivity index (χ1n) is 11.3. The van der Waals surface area contributed by atoms with Crippen LogP contribution in [-0.4, -0.2) is 66.2 Å². The standard InChI is InChI=1S/C24H35N3O7/c1-23(2,3)34-22(31)27-14-12-24(25,13-15-27)21(30)26-18(20(29)32-4)10-11-19(28)33-16-17-8-6-5-7-9-17/h5-9,18H,10-16,25H2,1-4H3,(H,26,30)/t18-/m0/s1. The fourth-order valence-electron chi connectivity index (χ4n) is 3.41. The third kappa shape index (κ3) is 8.33. The van der Waals surface area contributed by atoms with Crippen LogP contribution in [0.4, 0.5) is 4.79 Å². The highest BCUT2D eigenvalue weighted by molar-refractivity contribution is 5.91. The molecule has 1 fully saturated rings. The second-order valence-corrected chi connectivity index (χ2v) is 9.36. The second kappa shape index (κ2) is 11.8. The number of hydrogen-bond acceptors (Lipinski definition) is 8. The Morgan fingerprint density at radius 3 is 2.29 bits per heavy atom. The number of nitrogens with two attached hydrogens (primary N) is 1. The lowest BCUT2D eigenvalue weighted by molar-refractivity contribution is -0.148. The Kier molecular flexibility index (Phi) is 9.43. The molecule has 1 aromatic carbocycles. The second-order valence-electron chi connectivity index (χ2n) is 9.36. The molecule has 1 heterocycles. The number of likely N-dealkylation sites (tertiary alicyclic amines) is 1. The molecular formula is C24H35N3O7. The fraction of sp³-hybridized carbons (Fsp3) is 0.583. The Hall–Kier alpha value is -3.14. The molecule has 1 atom stereocenters. The number of nitrogens with zero attached hydrogens (tertiary/aromatic N) is 1. The van der Waals surface area contributed by atoms with Crippen molar-refractivity contribution in [2.24, 2.45) is 5.73 Å². The SMILES string of the molecule is COC(=O)[C@H](CCC(=O)OCc1ccccc1)NC(=O)C1(N)CCN(C(=O)OC(C)(C)C)CC1. The lowest BCUT2D eigenvalue weighted by atomic mass is 9.87. The zero-order valence-corrected chi connectivity index (χ0v) is 20.3. The van der Waals surface area contributed by atoms with Crippen molar-refractivity contribution < 1.29 is 33.4 Å². The van der Waals surface area contributed by atoms with Gasteiger partial charge in [0, 0.05) is 19.5 Å². The maximum atomic E-state index is 12.9. The summed E-state index contributed by atoms with van der Waals surface area (Å²) in [6.07, 6.45) is -0.143. The van der Waals surface area contributed by atoms with Gasteiger partial charge in [-0.05, 0) is 45.6 Å². The summed E-state index contributed by atoms with van der Waals surface area (Å²) < 4.78 is 15.4. The van der Waals surface area contributed by atoms with Crippen molar-refractivity contribution in [2.45, 2.75) is 70.2 Å². The maximum Gasteiger partial charge on any atom is 0.410 e. The minimum Gasteiger partial charge on any atom is -0.467 e. The van der Waals surface area contributed by atoms with Crippen LogP contribution in [0.1, 0.15) is 52.0 Å². The van der Waals surface area contributed by atoms with Crippen molar-refractivity contribution >= 4 is 23.9 Å². The molecule has 0 saturated carbocycles. The summed E-state index contributed by atoms with van der Waals surface area (Å²) in [4.78, 5) is 51.0. The molecule has 2 amide bonds. The molecule has 0 unspecified atom stereocenters. The summed E-state index contributed by atoms with van der Waals surface area (Å²) in [6, 6.07) is 8.16. The van der Waals surface area contributed by atoms with Crippen molar-refractivity contribution in [2.75, 3.05) is 20.2 Å². The minimum absolute atomic E-state index is 0.00610. The highest BCUT2D eigenvalue weighted by atomic mass is 16.6. The van der Waals surface area contributed by atoms with E-state index in [2.05, 4.69) is 5.32 Å². The van der Waals surface area contributed by atoms with Gasteiger partial charge in [-0.25, -0.2) is 9.59 Å². The first-order valence-corrected chi connectivity index (χ1v) is 11.3. The number of methoxy groups -OCH3 is 1. The quantitative estimate of drug-likeness (QED) is 0.428. The fourth-order valence-corrected chi connectivity index (χ4v) is 3.41. The molecular weight excluding hydrogens is 442 g/mol. The Morgan fingerprint density at radius 2 is 1.74 bits per heavy atom. The molecule has 10 heteroatoms. The zero-order chi connectivity index (χ0) is 25.4. The van der Waals surface area contributed by atoms with Gasteiger partial charge in [0.2, 0.25) is 5.91 Å². The van der Waals surface area contributed by atoms with Crippen molar-refractivity contribution in [3.63, 3.8) is 0 Å². The molecule has 34 heavy (non-hydrogen) atoms. The van der Waals surface area contributed by atoms with Gasteiger partial charge in [0.15, 0.2) is 0 Å². The Morgan fingerprint density at radius 1 is 1.12 bits per heavy atom. The van der Waals surface area contributed by atoms with Gasteiger partial charge in [0.05, 0.1) is 12.6 Å². The van der Waals surface area contributed by atoms with E-state index in [1.54, 1.807) is 20.8 Å². The van der Waals surface area contributed by atoms with Gasteiger partial charge in [-0.3, -0.25) is 9.59 Å². The Balaban J connectivity index is 1.87. The summed E-state index contributed by atoms with van der Waals surface area (Å²) in [6.45, 7) is 5.94. The average Bonchev–Trinajstić information content (AvgIpc) is 2.79. The van der Waals surface area contributed by atoms with Crippen LogP contribution in [-0.2, 0) is 35.2 Å². The van der Waals surface area contributed by atoms with Gasteiger partial charge < -0.3 is 30.2 Å². The summed E-state index contributed by atoms with van der Waals surface area (Å²) in [7, 11) is 1.20. The molecule has 1 aliphatic heterocycles. The van der Waals surface area contributed by atoms with Gasteiger partial charge in [-0.1, -0.05) is 30.3 Å². The van der Waals surface area contributed by atoms with Crippen LogP contribution in [0.5, 0.6) is 0 Å². The molecule has 1 aromatic rings. The van der Waals surface area contributed by atoms with Crippen molar-refractivity contribution in [1.29, 1.82) is 0 Å². The number of benzene rings is 1. The molecule has 10 nitrogen and oxygen atoms in total. The predicted octanol–water partition coefficient (Wildman–Crippen LogP) is 1.90. The van der Waals surface area contributed by atoms with Gasteiger partial charge in [-0.2, -0.15) is 0 Å². The van der Waals surface area contributed by atoms with Crippen LogP contribution < -0.4 is 11.1 Å². The molecule has 0 spiro atoms. The van der Waals surface area contributed by atoms with Crippen LogP contribution in [0.15, 0.2) is 30.3 Å². The lowest BCUT2D eigenvalue weighted by Gasteiger charge is -2.38. The van der Waals surface area contributed by atoms with Gasteiger partial charge in [0.1, 0.15) is 18.2 Å². The van der Waals surface area contributed by atoms with E-state index in [4.69, 9.17) is 19.9 Å². The van der Waals surface area contributed by atoms with E-state index in [1.165, 1.54) is 12.0 Å². The lowest BCUT2D eigenvalue weighted by Crippen LogP contribution is -2.62. The Bertz CT molecular complexity index is 859. The number of hydrogen-bond donors (Lipinski definition) is 2. The monoisotopic (exact) mass is 477 g/mol. The predicted molar refractivity (Wildman–Crippen MR) is 123 cm³/mol. The third-order valence-corrected chi connectivity index (χ3v) is 5.43. The molecule has 0 radical (unpaired) electrons. The molecule has 3 N–H and O–H groups in total. The van der Waals surface area contributed by atoms with Crippen LogP contribution in [0, 0.1) is 0 Å². The number of carbonyl (C=O) groups is 4. The van der Waals surface area contributed by atoms with E-state index < -0.39 is 41.1 Å². The zero-order valence-electron chi connectivity index (χ0n) is 20.3. The van der Waals surface area contributed by atoms with Crippen molar-refractivity contribution in [3.05, 3.63) is 35.9 Å². The number of rotatable bonds is 8. The molecule has 2 rings (SSSR count). The number of carbonyl (C=O) groups excluding carboxylic acids is 4. The summed E-state index contributed by atoms with van der Waals surface area (Å²) in [5.74, 6) is -1.72. The van der Waals surface area contributed by atoms with E-state index in [0.717, 1.165) is 5.56 Å². The van der Waals surface area contributed by atoms with Crippen molar-refractivity contribution in [1.82, 2.24) is 10.2 Å². The molecule has 0 aliphatic carbocycles. The number of esters is 2. The van der Waals surface area contributed by atoms with Gasteiger partial charge in [-0.15, -0.1) is 0 Å².